The molecule has 0 saturated heterocycles. The van der Waals surface area contributed by atoms with Crippen LogP contribution in [0.2, 0.25) is 0 Å². The van der Waals surface area contributed by atoms with Gasteiger partial charge in [-0.2, -0.15) is 5.10 Å². The fourth-order valence-corrected chi connectivity index (χ4v) is 2.48. The molecule has 0 bridgehead atoms. The largest absolute Gasteiger partial charge is 0.444 e. The summed E-state index contributed by atoms with van der Waals surface area (Å²) >= 11 is 0. The van der Waals surface area contributed by atoms with Gasteiger partial charge in [0.2, 0.25) is 5.89 Å². The first-order chi connectivity index (χ1) is 13.6. The molecule has 0 atom stereocenters. The molecule has 3 rings (SSSR count). The van der Waals surface area contributed by atoms with Gasteiger partial charge in [-0.1, -0.05) is 0 Å². The van der Waals surface area contributed by atoms with Gasteiger partial charge in [0.15, 0.2) is 11.4 Å². The van der Waals surface area contributed by atoms with Crippen molar-refractivity contribution in [2.24, 2.45) is 5.73 Å². The summed E-state index contributed by atoms with van der Waals surface area (Å²) in [6.07, 6.45) is 4.54. The molecule has 0 aliphatic carbocycles. The lowest BCUT2D eigenvalue weighted by Crippen LogP contribution is -2.21. The number of amides is 2. The summed E-state index contributed by atoms with van der Waals surface area (Å²) in [5.74, 6) is -0.918. The normalized spacial score (nSPS) is 11.4. The van der Waals surface area contributed by atoms with Crippen LogP contribution in [0, 0.1) is 0 Å². The van der Waals surface area contributed by atoms with Gasteiger partial charge in [0.1, 0.15) is 12.1 Å². The van der Waals surface area contributed by atoms with Crippen molar-refractivity contribution in [3.05, 3.63) is 42.2 Å². The number of oxazole rings is 1. The van der Waals surface area contributed by atoms with Crippen molar-refractivity contribution in [3.8, 4) is 11.5 Å². The molecule has 29 heavy (non-hydrogen) atoms. The molecule has 6 N–H and O–H groups in total. The molecule has 0 aliphatic rings. The molecule has 3 aromatic heterocycles. The maximum absolute atomic E-state index is 12.5. The van der Waals surface area contributed by atoms with Gasteiger partial charge in [-0.05, 0) is 32.4 Å². The monoisotopic (exact) mass is 399 g/mol. The molecule has 0 radical (unpaired) electrons. The average Bonchev–Trinajstić information content (AvgIpc) is 3.27. The van der Waals surface area contributed by atoms with Crippen LogP contribution in [0.15, 0.2) is 35.2 Å². The zero-order valence-electron chi connectivity index (χ0n) is 15.9. The number of carbonyl (C=O) groups excluding carboxylic acids is 2. The fourth-order valence-electron chi connectivity index (χ4n) is 2.48. The Kier molecular flexibility index (Phi) is 5.33. The van der Waals surface area contributed by atoms with Crippen LogP contribution < -0.4 is 16.8 Å². The number of aromatic nitrogens is 4. The summed E-state index contributed by atoms with van der Waals surface area (Å²) in [6.45, 7) is 3.65. The Labute approximate surface area is 165 Å². The highest BCUT2D eigenvalue weighted by atomic mass is 16.3. The van der Waals surface area contributed by atoms with Crippen LogP contribution in [0.3, 0.4) is 0 Å². The molecular weight excluding hydrogens is 378 g/mol. The van der Waals surface area contributed by atoms with E-state index in [2.05, 4.69) is 20.4 Å². The summed E-state index contributed by atoms with van der Waals surface area (Å²) < 4.78 is 6.76. The van der Waals surface area contributed by atoms with Crippen molar-refractivity contribution in [2.75, 3.05) is 11.1 Å². The molecule has 11 heteroatoms. The molecule has 3 aromatic rings. The number of carbonyl (C=O) groups is 2. The van der Waals surface area contributed by atoms with E-state index in [-0.39, 0.29) is 28.8 Å². The molecule has 2 amide bonds. The molecule has 0 aromatic carbocycles. The van der Waals surface area contributed by atoms with Crippen LogP contribution in [0.4, 0.5) is 11.5 Å². The quantitative estimate of drug-likeness (QED) is 0.455. The molecule has 0 saturated carbocycles. The van der Waals surface area contributed by atoms with Crippen molar-refractivity contribution in [1.29, 1.82) is 0 Å². The number of rotatable bonds is 7. The topological polar surface area (TPSA) is 175 Å². The lowest BCUT2D eigenvalue weighted by Gasteiger charge is -2.16. The molecule has 0 aliphatic heterocycles. The Morgan fingerprint density at radius 3 is 2.79 bits per heavy atom. The van der Waals surface area contributed by atoms with Gasteiger partial charge in [-0.15, -0.1) is 0 Å². The maximum Gasteiger partial charge on any atom is 0.277 e. The lowest BCUT2D eigenvalue weighted by molar-refractivity contribution is 0.0650. The molecule has 0 spiro atoms. The second kappa shape index (κ2) is 7.72. The third-order valence-electron chi connectivity index (χ3n) is 3.96. The first kappa shape index (κ1) is 20.0. The van der Waals surface area contributed by atoms with Crippen LogP contribution >= 0.6 is 0 Å². The van der Waals surface area contributed by atoms with Gasteiger partial charge in [0.05, 0.1) is 11.3 Å². The summed E-state index contributed by atoms with van der Waals surface area (Å²) in [6, 6.07) is 3.20. The van der Waals surface area contributed by atoms with Crippen LogP contribution in [-0.2, 0) is 6.54 Å². The van der Waals surface area contributed by atoms with Gasteiger partial charge in [0.25, 0.3) is 11.8 Å². The summed E-state index contributed by atoms with van der Waals surface area (Å²) in [7, 11) is 0. The number of hydrogen-bond acceptors (Lipinski definition) is 8. The SMILES string of the molecule is CC(C)(O)CCn1cc(NC(=O)c2coc(-c3ccnc(N)c3)n2)c(C(N)=O)n1. The lowest BCUT2D eigenvalue weighted by atomic mass is 10.1. The minimum absolute atomic E-state index is 0.00459. The van der Waals surface area contributed by atoms with Gasteiger partial charge in [-0.25, -0.2) is 9.97 Å². The van der Waals surface area contributed by atoms with Crippen molar-refractivity contribution in [1.82, 2.24) is 19.7 Å². The molecule has 11 nitrogen and oxygen atoms in total. The smallest absolute Gasteiger partial charge is 0.277 e. The highest BCUT2D eigenvalue weighted by Crippen LogP contribution is 2.21. The summed E-state index contributed by atoms with van der Waals surface area (Å²) in [5, 5.41) is 16.5. The van der Waals surface area contributed by atoms with E-state index in [1.54, 1.807) is 26.0 Å². The van der Waals surface area contributed by atoms with Crippen LogP contribution in [0.25, 0.3) is 11.5 Å². The number of nitrogens with one attached hydrogen (secondary N) is 1. The summed E-state index contributed by atoms with van der Waals surface area (Å²) in [4.78, 5) is 32.2. The third kappa shape index (κ3) is 4.96. The zero-order chi connectivity index (χ0) is 21.2. The molecule has 0 unspecified atom stereocenters. The van der Waals surface area contributed by atoms with E-state index < -0.39 is 17.4 Å². The third-order valence-corrected chi connectivity index (χ3v) is 3.96. The van der Waals surface area contributed by atoms with Gasteiger partial charge in [0, 0.05) is 24.5 Å². The van der Waals surface area contributed by atoms with E-state index in [1.807, 2.05) is 0 Å². The number of nitrogen functional groups attached to an aromatic ring is 1. The number of aryl methyl sites for hydroxylation is 1. The van der Waals surface area contributed by atoms with Crippen LogP contribution in [0.5, 0.6) is 0 Å². The van der Waals surface area contributed by atoms with E-state index >= 15 is 0 Å². The Hall–Kier alpha value is -3.73. The number of aliphatic hydroxyl groups is 1. The van der Waals surface area contributed by atoms with E-state index in [9.17, 15) is 14.7 Å². The number of nitrogens with zero attached hydrogens (tertiary/aromatic N) is 4. The Morgan fingerprint density at radius 2 is 2.14 bits per heavy atom. The van der Waals surface area contributed by atoms with Crippen LogP contribution in [0.1, 0.15) is 41.2 Å². The minimum atomic E-state index is -0.907. The van der Waals surface area contributed by atoms with E-state index in [0.29, 0.717) is 18.5 Å². The van der Waals surface area contributed by atoms with Crippen molar-refractivity contribution >= 4 is 23.3 Å². The first-order valence-corrected chi connectivity index (χ1v) is 8.71. The predicted molar refractivity (Wildman–Crippen MR) is 104 cm³/mol. The Bertz CT molecular complexity index is 1050. The Balaban J connectivity index is 1.78. The predicted octanol–water partition coefficient (Wildman–Crippen LogP) is 1.03. The highest BCUT2D eigenvalue weighted by Gasteiger charge is 2.21. The second-order valence-electron chi connectivity index (χ2n) is 7.04. The van der Waals surface area contributed by atoms with Crippen LogP contribution in [-0.4, -0.2) is 42.3 Å². The van der Waals surface area contributed by atoms with Crippen molar-refractivity contribution < 1.29 is 19.1 Å². The van der Waals surface area contributed by atoms with Gasteiger partial charge in [-0.3, -0.25) is 14.3 Å². The van der Waals surface area contributed by atoms with E-state index in [0.717, 1.165) is 0 Å². The molecule has 0 fully saturated rings. The molecule has 3 heterocycles. The van der Waals surface area contributed by atoms with Crippen molar-refractivity contribution in [2.45, 2.75) is 32.4 Å². The van der Waals surface area contributed by atoms with E-state index in [1.165, 1.54) is 23.3 Å². The highest BCUT2D eigenvalue weighted by molar-refractivity contribution is 6.07. The first-order valence-electron chi connectivity index (χ1n) is 8.71. The fraction of sp³-hybridized carbons (Fsp3) is 0.278. The zero-order valence-corrected chi connectivity index (χ0v) is 15.9. The molecule has 152 valence electrons. The number of hydrogen-bond donors (Lipinski definition) is 4. The van der Waals surface area contributed by atoms with Crippen molar-refractivity contribution in [3.63, 3.8) is 0 Å². The number of pyridine rings is 1. The Morgan fingerprint density at radius 1 is 1.38 bits per heavy atom. The van der Waals surface area contributed by atoms with Gasteiger partial charge < -0.3 is 26.3 Å². The number of primary amides is 1. The number of anilines is 2. The standard InChI is InChI=1S/C18H21N7O4/c1-18(2,28)4-6-25-8-11(14(24-25)15(20)26)22-16(27)12-9-29-17(23-12)10-3-5-21-13(19)7-10/h3,5,7-9,28H,4,6H2,1-2H3,(H2,19,21)(H2,20,26)(H,22,27). The number of nitrogens with two attached hydrogens (primary N) is 2. The average molecular weight is 399 g/mol. The summed E-state index contributed by atoms with van der Waals surface area (Å²) in [5.41, 5.74) is 10.7. The molecular formula is C18H21N7O4. The van der Waals surface area contributed by atoms with E-state index in [4.69, 9.17) is 15.9 Å². The van der Waals surface area contributed by atoms with Gasteiger partial charge >= 0.3 is 0 Å². The second-order valence-corrected chi connectivity index (χ2v) is 7.04. The maximum atomic E-state index is 12.5. The minimum Gasteiger partial charge on any atom is -0.444 e.